The zero-order chi connectivity index (χ0) is 17.8. The first-order valence-electron chi connectivity index (χ1n) is 8.48. The van der Waals surface area contributed by atoms with Crippen LogP contribution in [0.4, 0.5) is 10.5 Å². The molecule has 132 valence electrons. The highest BCUT2D eigenvalue weighted by Crippen LogP contribution is 2.33. The average Bonchev–Trinajstić information content (AvgIpc) is 2.62. The number of carbonyl (C=O) groups excluding carboxylic acids is 1. The van der Waals surface area contributed by atoms with E-state index in [-0.39, 0.29) is 12.7 Å². The summed E-state index contributed by atoms with van der Waals surface area (Å²) in [6, 6.07) is 11.9. The standard InChI is InChI=1S/C20H22BrNO3/c1-14-6-3-10-19(15(14)2)24-12-13-25-20(23)22-11-5-7-16-17(21)8-4-9-18(16)22/h3-4,6,8-10H,5,7,11-13H2,1-2H3. The summed E-state index contributed by atoms with van der Waals surface area (Å²) in [4.78, 5) is 14.1. The molecule has 0 N–H and O–H groups in total. The molecular formula is C20H22BrNO3. The first kappa shape index (κ1) is 17.8. The monoisotopic (exact) mass is 403 g/mol. The summed E-state index contributed by atoms with van der Waals surface area (Å²) in [7, 11) is 0. The highest BCUT2D eigenvalue weighted by atomic mass is 79.9. The van der Waals surface area contributed by atoms with Gasteiger partial charge in [0, 0.05) is 11.0 Å². The van der Waals surface area contributed by atoms with E-state index in [1.54, 1.807) is 4.90 Å². The Morgan fingerprint density at radius 1 is 1.16 bits per heavy atom. The molecule has 1 heterocycles. The molecule has 0 spiro atoms. The van der Waals surface area contributed by atoms with Gasteiger partial charge in [0.2, 0.25) is 0 Å². The number of rotatable bonds is 4. The molecule has 1 aliphatic heterocycles. The molecule has 1 aliphatic rings. The van der Waals surface area contributed by atoms with Crippen molar-refractivity contribution in [2.45, 2.75) is 26.7 Å². The second kappa shape index (κ2) is 7.91. The molecule has 1 amide bonds. The fraction of sp³-hybridized carbons (Fsp3) is 0.350. The number of hydrogen-bond acceptors (Lipinski definition) is 3. The van der Waals surface area contributed by atoms with Gasteiger partial charge in [-0.2, -0.15) is 0 Å². The van der Waals surface area contributed by atoms with Crippen molar-refractivity contribution in [3.05, 3.63) is 57.6 Å². The SMILES string of the molecule is Cc1cccc(OCCOC(=O)N2CCCc3c(Br)cccc32)c1C. The van der Waals surface area contributed by atoms with Crippen molar-refractivity contribution in [1.82, 2.24) is 0 Å². The molecule has 25 heavy (non-hydrogen) atoms. The minimum atomic E-state index is -0.316. The number of anilines is 1. The second-order valence-corrected chi connectivity index (χ2v) is 7.01. The molecular weight excluding hydrogens is 382 g/mol. The maximum Gasteiger partial charge on any atom is 0.414 e. The van der Waals surface area contributed by atoms with Gasteiger partial charge in [0.1, 0.15) is 19.0 Å². The van der Waals surface area contributed by atoms with Crippen LogP contribution in [-0.4, -0.2) is 25.9 Å². The molecule has 0 radical (unpaired) electrons. The zero-order valence-corrected chi connectivity index (χ0v) is 16.1. The van der Waals surface area contributed by atoms with Crippen molar-refractivity contribution < 1.29 is 14.3 Å². The number of aryl methyl sites for hydroxylation is 1. The van der Waals surface area contributed by atoms with E-state index in [0.29, 0.717) is 13.2 Å². The number of hydrogen-bond donors (Lipinski definition) is 0. The summed E-state index contributed by atoms with van der Waals surface area (Å²) in [5, 5.41) is 0. The normalized spacial score (nSPS) is 13.3. The smallest absolute Gasteiger partial charge is 0.414 e. The van der Waals surface area contributed by atoms with Gasteiger partial charge in [-0.05, 0) is 61.6 Å². The van der Waals surface area contributed by atoms with Crippen LogP contribution < -0.4 is 9.64 Å². The molecule has 4 nitrogen and oxygen atoms in total. The molecule has 5 heteroatoms. The molecule has 0 atom stereocenters. The van der Waals surface area contributed by atoms with Gasteiger partial charge in [0.25, 0.3) is 0 Å². The first-order valence-corrected chi connectivity index (χ1v) is 9.28. The molecule has 0 bridgehead atoms. The quantitative estimate of drug-likeness (QED) is 0.671. The van der Waals surface area contributed by atoms with Crippen molar-refractivity contribution in [3.63, 3.8) is 0 Å². The molecule has 0 aliphatic carbocycles. The van der Waals surface area contributed by atoms with E-state index < -0.39 is 0 Å². The van der Waals surface area contributed by atoms with Crippen LogP contribution in [0.1, 0.15) is 23.1 Å². The van der Waals surface area contributed by atoms with Gasteiger partial charge in [0.05, 0.1) is 5.69 Å². The zero-order valence-electron chi connectivity index (χ0n) is 14.5. The minimum Gasteiger partial charge on any atom is -0.490 e. The van der Waals surface area contributed by atoms with Gasteiger partial charge < -0.3 is 9.47 Å². The molecule has 0 saturated heterocycles. The fourth-order valence-electron chi connectivity index (χ4n) is 3.01. The maximum atomic E-state index is 12.4. The summed E-state index contributed by atoms with van der Waals surface area (Å²) in [5.74, 6) is 0.836. The number of benzene rings is 2. The van der Waals surface area contributed by atoms with Crippen LogP contribution in [0.2, 0.25) is 0 Å². The number of fused-ring (bicyclic) bond motifs is 1. The second-order valence-electron chi connectivity index (χ2n) is 6.15. The van der Waals surface area contributed by atoms with Gasteiger partial charge >= 0.3 is 6.09 Å². The van der Waals surface area contributed by atoms with Crippen LogP contribution >= 0.6 is 15.9 Å². The van der Waals surface area contributed by atoms with E-state index >= 15 is 0 Å². The maximum absolute atomic E-state index is 12.4. The van der Waals surface area contributed by atoms with Gasteiger partial charge in [-0.3, -0.25) is 4.90 Å². The van der Waals surface area contributed by atoms with Gasteiger partial charge in [-0.25, -0.2) is 4.79 Å². The van der Waals surface area contributed by atoms with Crippen LogP contribution in [0, 0.1) is 13.8 Å². The summed E-state index contributed by atoms with van der Waals surface area (Å²) >= 11 is 3.56. The van der Waals surface area contributed by atoms with E-state index in [9.17, 15) is 4.79 Å². The topological polar surface area (TPSA) is 38.8 Å². The Balaban J connectivity index is 1.56. The van der Waals surface area contributed by atoms with E-state index in [2.05, 4.69) is 15.9 Å². The van der Waals surface area contributed by atoms with Crippen LogP contribution in [0.5, 0.6) is 5.75 Å². The Labute approximate surface area is 156 Å². The van der Waals surface area contributed by atoms with Crippen LogP contribution in [-0.2, 0) is 11.2 Å². The summed E-state index contributed by atoms with van der Waals surface area (Å²) in [6.45, 7) is 5.33. The Morgan fingerprint density at radius 3 is 2.80 bits per heavy atom. The van der Waals surface area contributed by atoms with E-state index in [4.69, 9.17) is 9.47 Å². The molecule has 0 fully saturated rings. The van der Waals surface area contributed by atoms with Crippen molar-refractivity contribution in [2.24, 2.45) is 0 Å². The number of nitrogens with zero attached hydrogens (tertiary/aromatic N) is 1. The van der Waals surface area contributed by atoms with E-state index in [1.807, 2.05) is 50.2 Å². The van der Waals surface area contributed by atoms with Gasteiger partial charge in [-0.1, -0.05) is 34.1 Å². The molecule has 0 unspecified atom stereocenters. The lowest BCUT2D eigenvalue weighted by atomic mass is 10.0. The Bertz CT molecular complexity index is 776. The number of amides is 1. The molecule has 0 saturated carbocycles. The van der Waals surface area contributed by atoms with E-state index in [0.717, 1.165) is 39.9 Å². The summed E-state index contributed by atoms with van der Waals surface area (Å²) in [6.07, 6.45) is 1.59. The average molecular weight is 404 g/mol. The first-order chi connectivity index (χ1) is 12.1. The highest BCUT2D eigenvalue weighted by Gasteiger charge is 2.24. The number of ether oxygens (including phenoxy) is 2. The number of halogens is 1. The molecule has 2 aromatic carbocycles. The largest absolute Gasteiger partial charge is 0.490 e. The minimum absolute atomic E-state index is 0.228. The predicted molar refractivity (Wildman–Crippen MR) is 103 cm³/mol. The molecule has 2 aromatic rings. The molecule has 3 rings (SSSR count). The van der Waals surface area contributed by atoms with Gasteiger partial charge in [0.15, 0.2) is 0 Å². The fourth-order valence-corrected chi connectivity index (χ4v) is 3.56. The Hall–Kier alpha value is -2.01. The van der Waals surface area contributed by atoms with E-state index in [1.165, 1.54) is 5.56 Å². The Kier molecular flexibility index (Phi) is 5.63. The lowest BCUT2D eigenvalue weighted by Gasteiger charge is -2.29. The lowest BCUT2D eigenvalue weighted by Crippen LogP contribution is -2.36. The van der Waals surface area contributed by atoms with Crippen LogP contribution in [0.15, 0.2) is 40.9 Å². The molecule has 0 aromatic heterocycles. The van der Waals surface area contributed by atoms with Crippen molar-refractivity contribution >= 4 is 27.7 Å². The highest BCUT2D eigenvalue weighted by molar-refractivity contribution is 9.10. The third-order valence-electron chi connectivity index (χ3n) is 4.54. The summed E-state index contributed by atoms with van der Waals surface area (Å²) < 4.78 is 12.2. The van der Waals surface area contributed by atoms with Gasteiger partial charge in [-0.15, -0.1) is 0 Å². The van der Waals surface area contributed by atoms with Crippen molar-refractivity contribution in [1.29, 1.82) is 0 Å². The van der Waals surface area contributed by atoms with Crippen LogP contribution in [0.25, 0.3) is 0 Å². The van der Waals surface area contributed by atoms with Crippen LogP contribution in [0.3, 0.4) is 0 Å². The lowest BCUT2D eigenvalue weighted by molar-refractivity contribution is 0.130. The third-order valence-corrected chi connectivity index (χ3v) is 5.28. The predicted octanol–water partition coefficient (Wildman–Crippen LogP) is 5.03. The summed E-state index contributed by atoms with van der Waals surface area (Å²) in [5.41, 5.74) is 4.40. The third kappa shape index (κ3) is 3.98. The van der Waals surface area contributed by atoms with Crippen molar-refractivity contribution in [3.8, 4) is 5.75 Å². The Morgan fingerprint density at radius 2 is 1.96 bits per heavy atom. The number of carbonyl (C=O) groups is 1. The van der Waals surface area contributed by atoms with Crippen molar-refractivity contribution in [2.75, 3.05) is 24.7 Å².